The maximum atomic E-state index is 4.55. The summed E-state index contributed by atoms with van der Waals surface area (Å²) < 4.78 is 0. The highest BCUT2D eigenvalue weighted by Gasteiger charge is 2.38. The molecule has 5 heterocycles. The number of nitrogens with zero attached hydrogens (tertiary/aromatic N) is 3. The van der Waals surface area contributed by atoms with Gasteiger partial charge in [0.05, 0.1) is 11.7 Å². The monoisotopic (exact) mass is 377 g/mol. The molecule has 0 spiro atoms. The lowest BCUT2D eigenvalue weighted by Gasteiger charge is -2.38. The number of fused-ring (bicyclic) bond motifs is 4. The van der Waals surface area contributed by atoms with Crippen LogP contribution in [0.1, 0.15) is 30.1 Å². The van der Waals surface area contributed by atoms with Crippen LogP contribution in [0.5, 0.6) is 0 Å². The second kappa shape index (κ2) is 8.29. The van der Waals surface area contributed by atoms with E-state index in [2.05, 4.69) is 68.1 Å². The lowest BCUT2D eigenvalue weighted by Crippen LogP contribution is -2.47. The second-order valence-electron chi connectivity index (χ2n) is 8.74. The molecule has 6 rings (SSSR count). The predicted octanol–water partition coefficient (Wildman–Crippen LogP) is 2.44. The molecule has 4 aliphatic heterocycles. The highest BCUT2D eigenvalue weighted by Crippen LogP contribution is 2.32. The summed E-state index contributed by atoms with van der Waals surface area (Å²) in [5.41, 5.74) is 9.53. The molecule has 148 valence electrons. The number of hydrazine groups is 1. The van der Waals surface area contributed by atoms with Gasteiger partial charge in [0.2, 0.25) is 0 Å². The average molecular weight is 378 g/mol. The average Bonchev–Trinajstić information content (AvgIpc) is 3.02. The van der Waals surface area contributed by atoms with Gasteiger partial charge in [0.15, 0.2) is 0 Å². The Morgan fingerprint density at radius 3 is 2.71 bits per heavy atom. The molecule has 0 saturated carbocycles. The van der Waals surface area contributed by atoms with Gasteiger partial charge in [0.1, 0.15) is 0 Å². The van der Waals surface area contributed by atoms with Gasteiger partial charge < -0.3 is 0 Å². The largest absolute Gasteiger partial charge is 0.298 e. The summed E-state index contributed by atoms with van der Waals surface area (Å²) in [5, 5.41) is 0. The Balaban J connectivity index is 1.25. The van der Waals surface area contributed by atoms with Crippen molar-refractivity contribution in [2.75, 3.05) is 32.7 Å². The Kier molecular flexibility index (Phi) is 5.41. The standard InChI is InChI=1S/C23H31N5/c1-2-6-19(7-3-1)23-20(12-25-26-23)15-28-14-18-9-10-22(28)17-27(13-18)16-21-8-4-5-11-24-21/h1-8,11,18,20,22-23,25-26H,9-10,12-17H2/t18-,20?,22+,23?/m1/s1. The molecule has 2 bridgehead atoms. The molecule has 4 atom stereocenters. The molecular formula is C23H31N5. The lowest BCUT2D eigenvalue weighted by molar-refractivity contribution is 0.109. The molecule has 2 aromatic rings. The third kappa shape index (κ3) is 3.98. The third-order valence-electron chi connectivity index (χ3n) is 6.74. The third-order valence-corrected chi connectivity index (χ3v) is 6.74. The number of pyridine rings is 1. The van der Waals surface area contributed by atoms with Gasteiger partial charge in [-0.25, -0.2) is 5.43 Å². The number of piperidine rings is 1. The minimum Gasteiger partial charge on any atom is -0.298 e. The molecule has 0 amide bonds. The first-order chi connectivity index (χ1) is 13.8. The molecule has 2 N–H and O–H groups in total. The van der Waals surface area contributed by atoms with Gasteiger partial charge in [0, 0.05) is 57.4 Å². The second-order valence-corrected chi connectivity index (χ2v) is 8.74. The van der Waals surface area contributed by atoms with Crippen LogP contribution < -0.4 is 10.9 Å². The van der Waals surface area contributed by atoms with E-state index in [1.54, 1.807) is 0 Å². The van der Waals surface area contributed by atoms with E-state index in [4.69, 9.17) is 0 Å². The minimum absolute atomic E-state index is 0.410. The number of hydrogen-bond donors (Lipinski definition) is 2. The molecule has 0 radical (unpaired) electrons. The zero-order chi connectivity index (χ0) is 18.8. The number of rotatable bonds is 5. The fraction of sp³-hybridized carbons (Fsp3) is 0.522. The van der Waals surface area contributed by atoms with Crippen LogP contribution in [0, 0.1) is 11.8 Å². The smallest absolute Gasteiger partial charge is 0.0543 e. The van der Waals surface area contributed by atoms with E-state index < -0.39 is 0 Å². The first-order valence-corrected chi connectivity index (χ1v) is 10.7. The van der Waals surface area contributed by atoms with Gasteiger partial charge in [-0.2, -0.15) is 0 Å². The van der Waals surface area contributed by atoms with Crippen molar-refractivity contribution in [2.45, 2.75) is 31.5 Å². The van der Waals surface area contributed by atoms with Crippen molar-refractivity contribution in [2.24, 2.45) is 11.8 Å². The van der Waals surface area contributed by atoms with Crippen LogP contribution in [0.25, 0.3) is 0 Å². The molecule has 1 aromatic carbocycles. The number of hydrogen-bond acceptors (Lipinski definition) is 5. The highest BCUT2D eigenvalue weighted by molar-refractivity contribution is 5.21. The molecule has 4 saturated heterocycles. The van der Waals surface area contributed by atoms with Crippen molar-refractivity contribution in [3.63, 3.8) is 0 Å². The zero-order valence-corrected chi connectivity index (χ0v) is 16.5. The Hall–Kier alpha value is -1.79. The molecule has 0 aliphatic carbocycles. The Morgan fingerprint density at radius 2 is 1.86 bits per heavy atom. The Morgan fingerprint density at radius 1 is 0.964 bits per heavy atom. The zero-order valence-electron chi connectivity index (χ0n) is 16.5. The van der Waals surface area contributed by atoms with Crippen LogP contribution in [-0.2, 0) is 6.54 Å². The topological polar surface area (TPSA) is 43.4 Å². The lowest BCUT2D eigenvalue weighted by atomic mass is 9.90. The quantitative estimate of drug-likeness (QED) is 0.838. The minimum atomic E-state index is 0.410. The molecule has 4 fully saturated rings. The molecular weight excluding hydrogens is 346 g/mol. The number of nitrogens with one attached hydrogen (secondary N) is 2. The fourth-order valence-electron chi connectivity index (χ4n) is 5.37. The van der Waals surface area contributed by atoms with Crippen molar-refractivity contribution in [3.8, 4) is 0 Å². The molecule has 1 aromatic heterocycles. The molecule has 4 aliphatic rings. The van der Waals surface area contributed by atoms with Crippen molar-refractivity contribution in [1.29, 1.82) is 0 Å². The van der Waals surface area contributed by atoms with E-state index in [-0.39, 0.29) is 0 Å². The van der Waals surface area contributed by atoms with Gasteiger partial charge in [-0.15, -0.1) is 0 Å². The molecule has 28 heavy (non-hydrogen) atoms. The normalized spacial score (nSPS) is 31.1. The Bertz CT molecular complexity index is 752. The number of aromatic nitrogens is 1. The molecule has 5 heteroatoms. The van der Waals surface area contributed by atoms with Crippen molar-refractivity contribution >= 4 is 0 Å². The summed E-state index contributed by atoms with van der Waals surface area (Å²) in [7, 11) is 0. The van der Waals surface area contributed by atoms with Gasteiger partial charge in [-0.3, -0.25) is 20.2 Å². The van der Waals surface area contributed by atoms with E-state index in [9.17, 15) is 0 Å². The highest BCUT2D eigenvalue weighted by atomic mass is 15.4. The fourth-order valence-corrected chi connectivity index (χ4v) is 5.37. The molecule has 2 unspecified atom stereocenters. The summed E-state index contributed by atoms with van der Waals surface area (Å²) in [6, 6.07) is 18.3. The van der Waals surface area contributed by atoms with E-state index in [0.717, 1.165) is 19.0 Å². The maximum Gasteiger partial charge on any atom is 0.0543 e. The van der Waals surface area contributed by atoms with Crippen LogP contribution in [0.15, 0.2) is 54.7 Å². The van der Waals surface area contributed by atoms with Crippen LogP contribution in [-0.4, -0.2) is 53.5 Å². The summed E-state index contributed by atoms with van der Waals surface area (Å²) in [5.74, 6) is 1.41. The van der Waals surface area contributed by atoms with Gasteiger partial charge >= 0.3 is 0 Å². The van der Waals surface area contributed by atoms with Crippen LogP contribution >= 0.6 is 0 Å². The van der Waals surface area contributed by atoms with Crippen molar-refractivity contribution in [1.82, 2.24) is 25.6 Å². The predicted molar refractivity (Wildman–Crippen MR) is 111 cm³/mol. The summed E-state index contributed by atoms with van der Waals surface area (Å²) >= 11 is 0. The van der Waals surface area contributed by atoms with E-state index >= 15 is 0 Å². The Labute approximate surface area is 168 Å². The first kappa shape index (κ1) is 18.3. The summed E-state index contributed by atoms with van der Waals surface area (Å²) in [6.07, 6.45) is 4.63. The summed E-state index contributed by atoms with van der Waals surface area (Å²) in [6.45, 7) is 6.86. The maximum absolute atomic E-state index is 4.55. The van der Waals surface area contributed by atoms with E-state index in [1.165, 1.54) is 50.3 Å². The van der Waals surface area contributed by atoms with E-state index in [1.807, 2.05) is 12.3 Å². The van der Waals surface area contributed by atoms with Crippen molar-refractivity contribution < 1.29 is 0 Å². The molecule has 5 nitrogen and oxygen atoms in total. The van der Waals surface area contributed by atoms with Gasteiger partial charge in [-0.05, 0) is 36.5 Å². The van der Waals surface area contributed by atoms with Gasteiger partial charge in [-0.1, -0.05) is 36.4 Å². The van der Waals surface area contributed by atoms with Gasteiger partial charge in [0.25, 0.3) is 0 Å². The number of benzene rings is 1. The van der Waals surface area contributed by atoms with Crippen LogP contribution in [0.2, 0.25) is 0 Å². The summed E-state index contributed by atoms with van der Waals surface area (Å²) in [4.78, 5) is 9.98. The first-order valence-electron chi connectivity index (χ1n) is 10.7. The van der Waals surface area contributed by atoms with E-state index in [0.29, 0.717) is 18.0 Å². The van der Waals surface area contributed by atoms with Crippen molar-refractivity contribution in [3.05, 3.63) is 66.0 Å². The van der Waals surface area contributed by atoms with Crippen LogP contribution in [0.4, 0.5) is 0 Å². The van der Waals surface area contributed by atoms with Crippen LogP contribution in [0.3, 0.4) is 0 Å². The SMILES string of the molecule is c1ccc(C2NNCC2CN2C[C@@H]3CC[C@H]2CN(Cc2ccccn2)C3)cc1.